The summed E-state index contributed by atoms with van der Waals surface area (Å²) in [7, 11) is 0. The Morgan fingerprint density at radius 2 is 2.09 bits per heavy atom. The van der Waals surface area contributed by atoms with E-state index >= 15 is 0 Å². The van der Waals surface area contributed by atoms with Crippen LogP contribution in [-0.4, -0.2) is 52.5 Å². The number of nitrogens with one attached hydrogen (secondary N) is 1. The number of ether oxygens (including phenoxy) is 2. The standard InChI is InChI=1S/C26H25ClN2O5/c1-2-33-21-12-15(9-10-19(21)27)24(30)22-23(18-13-28-20-8-4-3-7-17(18)20)29(26(32)25(22)31)14-16-6-5-11-34-16/h3-4,7-10,12-13,16,23,28,30H,2,5-6,11,14H2,1H3/b24-22+. The second-order valence-electron chi connectivity index (χ2n) is 8.45. The van der Waals surface area contributed by atoms with Crippen molar-refractivity contribution in [1.29, 1.82) is 0 Å². The Morgan fingerprint density at radius 1 is 1.26 bits per heavy atom. The summed E-state index contributed by atoms with van der Waals surface area (Å²) in [6.07, 6.45) is 3.38. The number of halogens is 1. The summed E-state index contributed by atoms with van der Waals surface area (Å²) in [5.74, 6) is -1.24. The molecule has 0 radical (unpaired) electrons. The molecule has 2 aromatic carbocycles. The molecule has 176 valence electrons. The molecular weight excluding hydrogens is 456 g/mol. The van der Waals surface area contributed by atoms with Crippen molar-refractivity contribution in [3.05, 3.63) is 70.4 Å². The lowest BCUT2D eigenvalue weighted by atomic mass is 9.94. The third kappa shape index (κ3) is 3.85. The van der Waals surface area contributed by atoms with Crippen LogP contribution in [0.25, 0.3) is 16.7 Å². The van der Waals surface area contributed by atoms with Crippen LogP contribution in [0.3, 0.4) is 0 Å². The molecule has 3 aromatic rings. The highest BCUT2D eigenvalue weighted by molar-refractivity contribution is 6.46. The van der Waals surface area contributed by atoms with E-state index in [4.69, 9.17) is 21.1 Å². The first-order valence-electron chi connectivity index (χ1n) is 11.4. The number of hydrogen-bond acceptors (Lipinski definition) is 5. The highest BCUT2D eigenvalue weighted by Gasteiger charge is 2.47. The highest BCUT2D eigenvalue weighted by atomic mass is 35.5. The number of aliphatic hydroxyl groups is 1. The number of carbonyl (C=O) groups excluding carboxylic acids is 2. The number of carbonyl (C=O) groups is 2. The molecule has 2 fully saturated rings. The van der Waals surface area contributed by atoms with Crippen molar-refractivity contribution in [2.75, 3.05) is 19.8 Å². The largest absolute Gasteiger partial charge is 0.507 e. The number of rotatable bonds is 6. The van der Waals surface area contributed by atoms with Crippen LogP contribution in [0.2, 0.25) is 5.02 Å². The molecule has 5 rings (SSSR count). The van der Waals surface area contributed by atoms with Gasteiger partial charge in [0.05, 0.1) is 29.3 Å². The maximum atomic E-state index is 13.3. The maximum absolute atomic E-state index is 13.3. The fourth-order valence-corrected chi connectivity index (χ4v) is 4.96. The summed E-state index contributed by atoms with van der Waals surface area (Å²) in [5.41, 5.74) is 2.02. The first kappa shape index (κ1) is 22.5. The number of fused-ring (bicyclic) bond motifs is 1. The van der Waals surface area contributed by atoms with Gasteiger partial charge in [0.2, 0.25) is 0 Å². The molecule has 0 saturated carbocycles. The van der Waals surface area contributed by atoms with E-state index in [1.54, 1.807) is 24.4 Å². The number of Topliss-reactive ketones (excluding diaryl/α,β-unsaturated/α-hetero) is 1. The molecule has 2 atom stereocenters. The van der Waals surface area contributed by atoms with Gasteiger partial charge in [0.15, 0.2) is 0 Å². The highest BCUT2D eigenvalue weighted by Crippen LogP contribution is 2.43. The number of aromatic nitrogens is 1. The Labute approximate surface area is 201 Å². The predicted octanol–water partition coefficient (Wildman–Crippen LogP) is 4.82. The minimum atomic E-state index is -0.758. The molecule has 2 unspecified atom stereocenters. The third-order valence-electron chi connectivity index (χ3n) is 6.38. The van der Waals surface area contributed by atoms with Crippen LogP contribution >= 0.6 is 11.6 Å². The molecule has 7 nitrogen and oxygen atoms in total. The maximum Gasteiger partial charge on any atom is 0.295 e. The van der Waals surface area contributed by atoms with Crippen molar-refractivity contribution >= 4 is 40.0 Å². The molecule has 1 amide bonds. The third-order valence-corrected chi connectivity index (χ3v) is 6.70. The van der Waals surface area contributed by atoms with E-state index < -0.39 is 17.7 Å². The van der Waals surface area contributed by atoms with Gasteiger partial charge in [-0.3, -0.25) is 9.59 Å². The lowest BCUT2D eigenvalue weighted by Gasteiger charge is -2.27. The molecule has 2 aliphatic rings. The zero-order valence-corrected chi connectivity index (χ0v) is 19.5. The number of benzene rings is 2. The smallest absolute Gasteiger partial charge is 0.295 e. The molecule has 3 heterocycles. The molecular formula is C26H25ClN2O5. The van der Waals surface area contributed by atoms with Gasteiger partial charge in [0, 0.05) is 41.4 Å². The van der Waals surface area contributed by atoms with E-state index in [2.05, 4.69) is 4.98 Å². The summed E-state index contributed by atoms with van der Waals surface area (Å²) in [6, 6.07) is 11.7. The van der Waals surface area contributed by atoms with Crippen molar-refractivity contribution < 1.29 is 24.2 Å². The van der Waals surface area contributed by atoms with Crippen molar-refractivity contribution in [2.24, 2.45) is 0 Å². The van der Waals surface area contributed by atoms with Crippen LogP contribution in [0.4, 0.5) is 0 Å². The average Bonchev–Trinajstić information content (AvgIpc) is 3.56. The van der Waals surface area contributed by atoms with Crippen molar-refractivity contribution in [1.82, 2.24) is 9.88 Å². The van der Waals surface area contributed by atoms with E-state index in [0.717, 1.165) is 29.3 Å². The van der Waals surface area contributed by atoms with Crippen LogP contribution in [0.15, 0.2) is 54.2 Å². The van der Waals surface area contributed by atoms with E-state index in [1.165, 1.54) is 4.90 Å². The Hall–Kier alpha value is -3.29. The number of hydrogen-bond donors (Lipinski definition) is 2. The molecule has 8 heteroatoms. The normalized spacial score (nSPS) is 22.1. The van der Waals surface area contributed by atoms with Gasteiger partial charge in [-0.2, -0.15) is 0 Å². The first-order chi connectivity index (χ1) is 16.5. The lowest BCUT2D eigenvalue weighted by molar-refractivity contribution is -0.140. The summed E-state index contributed by atoms with van der Waals surface area (Å²) >= 11 is 6.21. The number of likely N-dealkylation sites (tertiary alicyclic amines) is 1. The van der Waals surface area contributed by atoms with Crippen LogP contribution in [-0.2, 0) is 14.3 Å². The Morgan fingerprint density at radius 3 is 2.85 bits per heavy atom. The van der Waals surface area contributed by atoms with Gasteiger partial charge in [-0.05, 0) is 44.0 Å². The summed E-state index contributed by atoms with van der Waals surface area (Å²) in [4.78, 5) is 31.3. The van der Waals surface area contributed by atoms with Crippen molar-refractivity contribution in [3.63, 3.8) is 0 Å². The van der Waals surface area contributed by atoms with Crippen LogP contribution in [0.1, 0.15) is 36.9 Å². The monoisotopic (exact) mass is 480 g/mol. The molecule has 0 bridgehead atoms. The number of para-hydroxylation sites is 1. The lowest BCUT2D eigenvalue weighted by Crippen LogP contribution is -2.36. The Balaban J connectivity index is 1.67. The average molecular weight is 481 g/mol. The topological polar surface area (TPSA) is 91.9 Å². The minimum absolute atomic E-state index is 0.0394. The van der Waals surface area contributed by atoms with E-state index in [9.17, 15) is 14.7 Å². The quantitative estimate of drug-likeness (QED) is 0.300. The number of H-pyrrole nitrogens is 1. The first-order valence-corrected chi connectivity index (χ1v) is 11.8. The molecule has 2 saturated heterocycles. The molecule has 34 heavy (non-hydrogen) atoms. The number of aromatic amines is 1. The van der Waals surface area contributed by atoms with Gasteiger partial charge in [0.1, 0.15) is 11.5 Å². The minimum Gasteiger partial charge on any atom is -0.507 e. The number of ketones is 1. The van der Waals surface area contributed by atoms with Crippen LogP contribution in [0, 0.1) is 0 Å². The van der Waals surface area contributed by atoms with Crippen molar-refractivity contribution in [3.8, 4) is 5.75 Å². The zero-order valence-electron chi connectivity index (χ0n) is 18.7. The fraction of sp³-hybridized carbons (Fsp3) is 0.308. The van der Waals surface area contributed by atoms with E-state index in [0.29, 0.717) is 29.5 Å². The Bertz CT molecular complexity index is 1290. The van der Waals surface area contributed by atoms with Gasteiger partial charge >= 0.3 is 0 Å². The molecule has 0 aliphatic carbocycles. The van der Waals surface area contributed by atoms with Crippen LogP contribution in [0.5, 0.6) is 5.75 Å². The zero-order chi connectivity index (χ0) is 23.8. The summed E-state index contributed by atoms with van der Waals surface area (Å²) < 4.78 is 11.3. The van der Waals surface area contributed by atoms with Gasteiger partial charge in [-0.25, -0.2) is 0 Å². The number of amides is 1. The van der Waals surface area contributed by atoms with Gasteiger partial charge < -0.3 is 24.5 Å². The van der Waals surface area contributed by atoms with E-state index in [1.807, 2.05) is 31.2 Å². The SMILES string of the molecule is CCOc1cc(/C(O)=C2\C(=O)C(=O)N(CC3CCCO3)C2c2c[nH]c3ccccc23)ccc1Cl. The summed E-state index contributed by atoms with van der Waals surface area (Å²) in [5, 5.41) is 12.6. The fourth-order valence-electron chi connectivity index (χ4n) is 4.79. The predicted molar refractivity (Wildman–Crippen MR) is 129 cm³/mol. The van der Waals surface area contributed by atoms with Gasteiger partial charge in [-0.1, -0.05) is 29.8 Å². The second-order valence-corrected chi connectivity index (χ2v) is 8.86. The molecule has 0 spiro atoms. The number of aliphatic hydroxyl groups excluding tert-OH is 1. The molecule has 2 aliphatic heterocycles. The van der Waals surface area contributed by atoms with Crippen molar-refractivity contribution in [2.45, 2.75) is 31.9 Å². The van der Waals surface area contributed by atoms with E-state index in [-0.39, 0.29) is 24.0 Å². The molecule has 1 aromatic heterocycles. The molecule has 2 N–H and O–H groups in total. The number of nitrogens with zero attached hydrogens (tertiary/aromatic N) is 1. The van der Waals surface area contributed by atoms with Gasteiger partial charge in [-0.15, -0.1) is 0 Å². The Kier molecular flexibility index (Phi) is 6.06. The van der Waals surface area contributed by atoms with Gasteiger partial charge in [0.25, 0.3) is 11.7 Å². The van der Waals surface area contributed by atoms with Crippen LogP contribution < -0.4 is 4.74 Å². The second kappa shape index (κ2) is 9.16. The summed E-state index contributed by atoms with van der Waals surface area (Å²) in [6.45, 7) is 3.13.